The number of hydrogen-bond acceptors (Lipinski definition) is 2. The summed E-state index contributed by atoms with van der Waals surface area (Å²) in [7, 11) is 3.50. The highest BCUT2D eigenvalue weighted by Crippen LogP contribution is 2.17. The zero-order valence-corrected chi connectivity index (χ0v) is 9.07. The molecule has 1 heterocycles. The van der Waals surface area contributed by atoms with E-state index >= 15 is 0 Å². The molecule has 2 amide bonds. The van der Waals surface area contributed by atoms with Crippen LogP contribution in [0.4, 0.5) is 4.79 Å². The van der Waals surface area contributed by atoms with E-state index in [2.05, 4.69) is 0 Å². The summed E-state index contributed by atoms with van der Waals surface area (Å²) in [5, 5.41) is 9.20. The Morgan fingerprint density at radius 3 is 2.71 bits per heavy atom. The first-order valence-corrected chi connectivity index (χ1v) is 5.25. The molecule has 82 valence electrons. The van der Waals surface area contributed by atoms with Crippen molar-refractivity contribution < 1.29 is 9.90 Å². The molecule has 4 heteroatoms. The molecule has 1 aliphatic rings. The molecule has 1 fully saturated rings. The van der Waals surface area contributed by atoms with Crippen LogP contribution >= 0.6 is 0 Å². The van der Waals surface area contributed by atoms with Gasteiger partial charge in [-0.05, 0) is 12.8 Å². The van der Waals surface area contributed by atoms with Crippen LogP contribution in [0, 0.1) is 0 Å². The molecule has 0 aliphatic carbocycles. The van der Waals surface area contributed by atoms with Gasteiger partial charge in [0.05, 0.1) is 12.6 Å². The van der Waals surface area contributed by atoms with Crippen LogP contribution in [-0.4, -0.2) is 54.2 Å². The lowest BCUT2D eigenvalue weighted by Crippen LogP contribution is -2.46. The molecule has 1 N–H and O–H groups in total. The topological polar surface area (TPSA) is 43.8 Å². The van der Waals surface area contributed by atoms with Crippen molar-refractivity contribution in [1.29, 1.82) is 0 Å². The van der Waals surface area contributed by atoms with Gasteiger partial charge in [0.25, 0.3) is 0 Å². The normalized spacial score (nSPS) is 23.1. The number of urea groups is 1. The summed E-state index contributed by atoms with van der Waals surface area (Å²) in [5.41, 5.74) is 0. The number of aliphatic hydroxyl groups is 1. The highest BCUT2D eigenvalue weighted by molar-refractivity contribution is 5.74. The van der Waals surface area contributed by atoms with Gasteiger partial charge in [-0.25, -0.2) is 4.79 Å². The van der Waals surface area contributed by atoms with Crippen molar-refractivity contribution >= 4 is 6.03 Å². The Labute approximate surface area is 85.5 Å². The van der Waals surface area contributed by atoms with E-state index in [1.165, 1.54) is 0 Å². The average Bonchev–Trinajstić information content (AvgIpc) is 2.40. The number of nitrogens with zero attached hydrogens (tertiary/aromatic N) is 2. The number of aliphatic hydroxyl groups excluding tert-OH is 1. The first kappa shape index (κ1) is 11.3. The highest BCUT2D eigenvalue weighted by Gasteiger charge is 2.25. The second kappa shape index (κ2) is 5.20. The monoisotopic (exact) mass is 200 g/mol. The minimum atomic E-state index is 0.0194. The van der Waals surface area contributed by atoms with E-state index in [1.807, 2.05) is 0 Å². The molecule has 1 saturated heterocycles. The van der Waals surface area contributed by atoms with Crippen molar-refractivity contribution in [2.45, 2.75) is 31.7 Å². The molecule has 1 aliphatic heterocycles. The quantitative estimate of drug-likeness (QED) is 0.683. The standard InChI is InChI=1S/C10H20N2O2/c1-11(2)10(14)12-7-5-3-4-6-9(12)8-13/h9,13H,3-8H2,1-2H3. The van der Waals surface area contributed by atoms with E-state index in [-0.39, 0.29) is 18.7 Å². The number of amides is 2. The van der Waals surface area contributed by atoms with Gasteiger partial charge in [0.1, 0.15) is 0 Å². The molecule has 0 aromatic heterocycles. The SMILES string of the molecule is CN(C)C(=O)N1CCCCCC1CO. The smallest absolute Gasteiger partial charge is 0.319 e. The van der Waals surface area contributed by atoms with Crippen LogP contribution in [0.25, 0.3) is 0 Å². The molecule has 1 unspecified atom stereocenters. The fourth-order valence-electron chi connectivity index (χ4n) is 1.88. The Hall–Kier alpha value is -0.770. The Bertz CT molecular complexity index is 195. The van der Waals surface area contributed by atoms with Crippen molar-refractivity contribution in [2.24, 2.45) is 0 Å². The third-order valence-electron chi connectivity index (χ3n) is 2.72. The lowest BCUT2D eigenvalue weighted by Gasteiger charge is -2.31. The third kappa shape index (κ3) is 2.61. The maximum Gasteiger partial charge on any atom is 0.319 e. The van der Waals surface area contributed by atoms with Crippen molar-refractivity contribution in [3.8, 4) is 0 Å². The zero-order chi connectivity index (χ0) is 10.6. The van der Waals surface area contributed by atoms with Crippen LogP contribution in [0.3, 0.4) is 0 Å². The van der Waals surface area contributed by atoms with Crippen LogP contribution < -0.4 is 0 Å². The zero-order valence-electron chi connectivity index (χ0n) is 9.07. The minimum absolute atomic E-state index is 0.0194. The van der Waals surface area contributed by atoms with E-state index in [0.717, 1.165) is 32.2 Å². The largest absolute Gasteiger partial charge is 0.394 e. The molecule has 0 aromatic rings. The van der Waals surface area contributed by atoms with Gasteiger partial charge in [-0.2, -0.15) is 0 Å². The Balaban J connectivity index is 2.65. The second-order valence-electron chi connectivity index (χ2n) is 4.06. The Morgan fingerprint density at radius 1 is 1.43 bits per heavy atom. The third-order valence-corrected chi connectivity index (χ3v) is 2.72. The molecule has 1 atom stereocenters. The molecule has 1 rings (SSSR count). The highest BCUT2D eigenvalue weighted by atomic mass is 16.3. The summed E-state index contributed by atoms with van der Waals surface area (Å²) in [6.45, 7) is 0.863. The van der Waals surface area contributed by atoms with Gasteiger partial charge >= 0.3 is 6.03 Å². The Morgan fingerprint density at radius 2 is 2.14 bits per heavy atom. The van der Waals surface area contributed by atoms with E-state index in [1.54, 1.807) is 23.9 Å². The first-order valence-electron chi connectivity index (χ1n) is 5.25. The van der Waals surface area contributed by atoms with E-state index in [4.69, 9.17) is 0 Å². The molecular weight excluding hydrogens is 180 g/mol. The first-order chi connectivity index (χ1) is 6.66. The number of hydrogen-bond donors (Lipinski definition) is 1. The molecule has 0 saturated carbocycles. The summed E-state index contributed by atoms with van der Waals surface area (Å²) in [5.74, 6) is 0. The maximum absolute atomic E-state index is 11.8. The van der Waals surface area contributed by atoms with Crippen LogP contribution in [0.2, 0.25) is 0 Å². The van der Waals surface area contributed by atoms with Gasteiger partial charge in [-0.1, -0.05) is 12.8 Å². The molecule has 0 aromatic carbocycles. The fraction of sp³-hybridized carbons (Fsp3) is 0.900. The molecule has 0 radical (unpaired) electrons. The van der Waals surface area contributed by atoms with Crippen LogP contribution in [0.15, 0.2) is 0 Å². The molecular formula is C10H20N2O2. The van der Waals surface area contributed by atoms with Gasteiger partial charge in [-0.15, -0.1) is 0 Å². The molecule has 0 bridgehead atoms. The van der Waals surface area contributed by atoms with Crippen molar-refractivity contribution in [3.63, 3.8) is 0 Å². The van der Waals surface area contributed by atoms with Crippen LogP contribution in [0.5, 0.6) is 0 Å². The minimum Gasteiger partial charge on any atom is -0.394 e. The molecule has 0 spiro atoms. The van der Waals surface area contributed by atoms with Gasteiger partial charge < -0.3 is 14.9 Å². The summed E-state index contributed by atoms with van der Waals surface area (Å²) >= 11 is 0. The summed E-state index contributed by atoms with van der Waals surface area (Å²) < 4.78 is 0. The van der Waals surface area contributed by atoms with E-state index in [0.29, 0.717) is 0 Å². The van der Waals surface area contributed by atoms with Crippen LogP contribution in [-0.2, 0) is 0 Å². The predicted octanol–water partition coefficient (Wildman–Crippen LogP) is 0.905. The van der Waals surface area contributed by atoms with Crippen molar-refractivity contribution in [3.05, 3.63) is 0 Å². The second-order valence-corrected chi connectivity index (χ2v) is 4.06. The van der Waals surface area contributed by atoms with Gasteiger partial charge in [0, 0.05) is 20.6 Å². The van der Waals surface area contributed by atoms with Crippen LogP contribution in [0.1, 0.15) is 25.7 Å². The summed E-state index contributed by atoms with van der Waals surface area (Å²) in [6.07, 6.45) is 4.25. The molecule has 4 nitrogen and oxygen atoms in total. The summed E-state index contributed by atoms with van der Waals surface area (Å²) in [4.78, 5) is 15.1. The number of likely N-dealkylation sites (tertiary alicyclic amines) is 1. The van der Waals surface area contributed by atoms with Gasteiger partial charge in [-0.3, -0.25) is 0 Å². The summed E-state index contributed by atoms with van der Waals surface area (Å²) in [6, 6.07) is 0.0401. The Kier molecular flexibility index (Phi) is 4.20. The maximum atomic E-state index is 11.8. The van der Waals surface area contributed by atoms with Crippen molar-refractivity contribution in [1.82, 2.24) is 9.80 Å². The van der Waals surface area contributed by atoms with Crippen molar-refractivity contribution in [2.75, 3.05) is 27.2 Å². The van der Waals surface area contributed by atoms with Gasteiger partial charge in [0.15, 0.2) is 0 Å². The number of carbonyl (C=O) groups excluding carboxylic acids is 1. The predicted molar refractivity (Wildman–Crippen MR) is 55.1 cm³/mol. The fourth-order valence-corrected chi connectivity index (χ4v) is 1.88. The van der Waals surface area contributed by atoms with E-state index < -0.39 is 0 Å². The van der Waals surface area contributed by atoms with E-state index in [9.17, 15) is 9.90 Å². The molecule has 14 heavy (non-hydrogen) atoms. The lowest BCUT2D eigenvalue weighted by molar-refractivity contribution is 0.117. The number of rotatable bonds is 1. The number of carbonyl (C=O) groups is 1. The van der Waals surface area contributed by atoms with Gasteiger partial charge in [0.2, 0.25) is 0 Å². The average molecular weight is 200 g/mol. The lowest BCUT2D eigenvalue weighted by atomic mass is 10.1.